The number of carbonyl (C=O) groups is 2. The van der Waals surface area contributed by atoms with Crippen LogP contribution in [-0.2, 0) is 9.59 Å². The Labute approximate surface area is 77.8 Å². The lowest BCUT2D eigenvalue weighted by Gasteiger charge is -2.05. The zero-order valence-corrected chi connectivity index (χ0v) is 7.88. The molecule has 13 heavy (non-hydrogen) atoms. The fourth-order valence-electron chi connectivity index (χ4n) is 0.772. The SMILES string of the molecule is CC(N)CCC(=O)NCCC(N)=O. The van der Waals surface area contributed by atoms with E-state index in [0.717, 1.165) is 0 Å². The van der Waals surface area contributed by atoms with Crippen LogP contribution < -0.4 is 16.8 Å². The Kier molecular flexibility index (Phi) is 5.88. The van der Waals surface area contributed by atoms with Gasteiger partial charge >= 0.3 is 0 Å². The average Bonchev–Trinajstić information content (AvgIpc) is 2.00. The molecule has 0 bridgehead atoms. The van der Waals surface area contributed by atoms with E-state index in [1.54, 1.807) is 0 Å². The number of primary amides is 1. The Bertz CT molecular complexity index is 180. The first-order chi connectivity index (χ1) is 6.02. The molecule has 0 radical (unpaired) electrons. The van der Waals surface area contributed by atoms with E-state index < -0.39 is 5.91 Å². The molecule has 1 unspecified atom stereocenters. The minimum absolute atomic E-state index is 0.0295. The van der Waals surface area contributed by atoms with Crippen LogP contribution in [0.2, 0.25) is 0 Å². The van der Waals surface area contributed by atoms with Gasteiger partial charge in [0, 0.05) is 25.4 Å². The summed E-state index contributed by atoms with van der Waals surface area (Å²) in [5, 5.41) is 2.57. The molecular weight excluding hydrogens is 170 g/mol. The van der Waals surface area contributed by atoms with Crippen molar-refractivity contribution in [2.75, 3.05) is 6.54 Å². The van der Waals surface area contributed by atoms with Gasteiger partial charge in [-0.2, -0.15) is 0 Å². The van der Waals surface area contributed by atoms with Gasteiger partial charge in [0.1, 0.15) is 0 Å². The molecule has 0 aromatic rings. The summed E-state index contributed by atoms with van der Waals surface area (Å²) in [5.41, 5.74) is 10.4. The molecular formula is C8H17N3O2. The molecule has 0 fully saturated rings. The van der Waals surface area contributed by atoms with Crippen molar-refractivity contribution in [1.82, 2.24) is 5.32 Å². The molecule has 0 spiro atoms. The van der Waals surface area contributed by atoms with Crippen molar-refractivity contribution in [2.24, 2.45) is 11.5 Å². The van der Waals surface area contributed by atoms with Crippen LogP contribution >= 0.6 is 0 Å². The molecule has 0 aliphatic carbocycles. The molecule has 0 aliphatic heterocycles. The third-order valence-corrected chi connectivity index (χ3v) is 1.52. The molecule has 1 atom stereocenters. The van der Waals surface area contributed by atoms with Gasteiger partial charge in [-0.25, -0.2) is 0 Å². The summed E-state index contributed by atoms with van der Waals surface area (Å²) in [7, 11) is 0. The van der Waals surface area contributed by atoms with Gasteiger partial charge in [-0.05, 0) is 13.3 Å². The summed E-state index contributed by atoms with van der Waals surface area (Å²) in [5.74, 6) is -0.494. The highest BCUT2D eigenvalue weighted by Crippen LogP contribution is 1.92. The van der Waals surface area contributed by atoms with Gasteiger partial charge in [0.2, 0.25) is 11.8 Å². The van der Waals surface area contributed by atoms with Crippen molar-refractivity contribution in [3.63, 3.8) is 0 Å². The molecule has 0 saturated carbocycles. The summed E-state index contributed by atoms with van der Waals surface area (Å²) in [6.07, 6.45) is 1.24. The number of carbonyl (C=O) groups excluding carboxylic acids is 2. The van der Waals surface area contributed by atoms with E-state index in [-0.39, 0.29) is 18.4 Å². The van der Waals surface area contributed by atoms with E-state index in [1.165, 1.54) is 0 Å². The second-order valence-electron chi connectivity index (χ2n) is 3.08. The van der Waals surface area contributed by atoms with Gasteiger partial charge in [-0.1, -0.05) is 0 Å². The summed E-state index contributed by atoms with van der Waals surface area (Å²) in [4.78, 5) is 21.3. The molecule has 5 nitrogen and oxygen atoms in total. The fourth-order valence-corrected chi connectivity index (χ4v) is 0.772. The lowest BCUT2D eigenvalue weighted by Crippen LogP contribution is -2.29. The summed E-state index contributed by atoms with van der Waals surface area (Å²) in [6, 6.07) is 0.0295. The quantitative estimate of drug-likeness (QED) is 0.503. The topological polar surface area (TPSA) is 98.2 Å². The highest BCUT2D eigenvalue weighted by Gasteiger charge is 2.03. The van der Waals surface area contributed by atoms with Crippen LogP contribution in [0.25, 0.3) is 0 Å². The molecule has 0 aliphatic rings. The van der Waals surface area contributed by atoms with Crippen LogP contribution in [-0.4, -0.2) is 24.4 Å². The second kappa shape index (κ2) is 6.42. The predicted octanol–water partition coefficient (Wildman–Crippen LogP) is -0.895. The van der Waals surface area contributed by atoms with Crippen LogP contribution in [0.1, 0.15) is 26.2 Å². The van der Waals surface area contributed by atoms with E-state index in [9.17, 15) is 9.59 Å². The number of hydrogen-bond donors (Lipinski definition) is 3. The number of amides is 2. The van der Waals surface area contributed by atoms with E-state index >= 15 is 0 Å². The van der Waals surface area contributed by atoms with Gasteiger partial charge in [0.05, 0.1) is 0 Å². The number of nitrogens with two attached hydrogens (primary N) is 2. The molecule has 0 rings (SSSR count). The Hall–Kier alpha value is -1.10. The summed E-state index contributed by atoms with van der Waals surface area (Å²) < 4.78 is 0. The van der Waals surface area contributed by atoms with Crippen LogP contribution in [0.4, 0.5) is 0 Å². The molecule has 5 N–H and O–H groups in total. The Morgan fingerprint density at radius 1 is 1.38 bits per heavy atom. The molecule has 0 saturated heterocycles. The van der Waals surface area contributed by atoms with Gasteiger partial charge in [0.15, 0.2) is 0 Å². The maximum absolute atomic E-state index is 11.0. The van der Waals surface area contributed by atoms with Crippen LogP contribution in [0, 0.1) is 0 Å². The predicted molar refractivity (Wildman–Crippen MR) is 49.7 cm³/mol. The van der Waals surface area contributed by atoms with Gasteiger partial charge < -0.3 is 16.8 Å². The van der Waals surface area contributed by atoms with Crippen LogP contribution in [0.15, 0.2) is 0 Å². The van der Waals surface area contributed by atoms with E-state index in [1.807, 2.05) is 6.92 Å². The number of nitrogens with one attached hydrogen (secondary N) is 1. The minimum atomic E-state index is -0.410. The van der Waals surface area contributed by atoms with Crippen LogP contribution in [0.3, 0.4) is 0 Å². The summed E-state index contributed by atoms with van der Waals surface area (Å²) in [6.45, 7) is 2.16. The summed E-state index contributed by atoms with van der Waals surface area (Å²) >= 11 is 0. The fraction of sp³-hybridized carbons (Fsp3) is 0.750. The first-order valence-electron chi connectivity index (χ1n) is 4.33. The smallest absolute Gasteiger partial charge is 0.220 e. The van der Waals surface area contributed by atoms with Crippen LogP contribution in [0.5, 0.6) is 0 Å². The Morgan fingerprint density at radius 2 is 2.00 bits per heavy atom. The average molecular weight is 187 g/mol. The first kappa shape index (κ1) is 11.9. The molecule has 0 heterocycles. The van der Waals surface area contributed by atoms with E-state index in [4.69, 9.17) is 11.5 Å². The second-order valence-corrected chi connectivity index (χ2v) is 3.08. The lowest BCUT2D eigenvalue weighted by atomic mass is 10.2. The first-order valence-corrected chi connectivity index (χ1v) is 4.33. The van der Waals surface area contributed by atoms with Crippen molar-refractivity contribution in [1.29, 1.82) is 0 Å². The highest BCUT2D eigenvalue weighted by molar-refractivity contribution is 5.78. The van der Waals surface area contributed by atoms with E-state index in [0.29, 0.717) is 19.4 Å². The molecule has 0 aromatic carbocycles. The Morgan fingerprint density at radius 3 is 2.46 bits per heavy atom. The lowest BCUT2D eigenvalue weighted by molar-refractivity contribution is -0.121. The molecule has 5 heteroatoms. The van der Waals surface area contributed by atoms with E-state index in [2.05, 4.69) is 5.32 Å². The maximum Gasteiger partial charge on any atom is 0.220 e. The van der Waals surface area contributed by atoms with Crippen molar-refractivity contribution in [3.05, 3.63) is 0 Å². The maximum atomic E-state index is 11.0. The minimum Gasteiger partial charge on any atom is -0.370 e. The molecule has 0 aromatic heterocycles. The number of rotatable bonds is 6. The zero-order valence-electron chi connectivity index (χ0n) is 7.88. The van der Waals surface area contributed by atoms with Gasteiger partial charge in [-0.3, -0.25) is 9.59 Å². The third kappa shape index (κ3) is 8.81. The largest absolute Gasteiger partial charge is 0.370 e. The third-order valence-electron chi connectivity index (χ3n) is 1.52. The van der Waals surface area contributed by atoms with Crippen molar-refractivity contribution in [2.45, 2.75) is 32.2 Å². The van der Waals surface area contributed by atoms with Gasteiger partial charge in [0.25, 0.3) is 0 Å². The standard InChI is InChI=1S/C8H17N3O2/c1-6(9)2-3-8(13)11-5-4-7(10)12/h6H,2-5,9H2,1H3,(H2,10,12)(H,11,13). The van der Waals surface area contributed by atoms with Gasteiger partial charge in [-0.15, -0.1) is 0 Å². The van der Waals surface area contributed by atoms with Crippen molar-refractivity contribution < 1.29 is 9.59 Å². The van der Waals surface area contributed by atoms with Crippen molar-refractivity contribution in [3.8, 4) is 0 Å². The number of hydrogen-bond acceptors (Lipinski definition) is 3. The highest BCUT2D eigenvalue weighted by atomic mass is 16.2. The van der Waals surface area contributed by atoms with Crippen molar-refractivity contribution >= 4 is 11.8 Å². The molecule has 2 amide bonds. The monoisotopic (exact) mass is 187 g/mol. The Balaban J connectivity index is 3.35. The molecule has 76 valence electrons. The zero-order chi connectivity index (χ0) is 10.3. The normalized spacial score (nSPS) is 12.2.